The fourth-order valence-corrected chi connectivity index (χ4v) is 3.84. The zero-order chi connectivity index (χ0) is 17.0. The Morgan fingerprint density at radius 1 is 1.27 bits per heavy atom. The molecule has 1 rings (SSSR count). The molecule has 3 nitrogen and oxygen atoms in total. The molecule has 22 heavy (non-hydrogen) atoms. The highest BCUT2D eigenvalue weighted by Gasteiger charge is 2.37. The molecule has 0 aromatic rings. The lowest BCUT2D eigenvalue weighted by molar-refractivity contribution is -0.123. The first kappa shape index (κ1) is 19.9. The third kappa shape index (κ3) is 6.51. The van der Waals surface area contributed by atoms with Crippen molar-refractivity contribution in [2.75, 3.05) is 6.61 Å². The van der Waals surface area contributed by atoms with Crippen LogP contribution in [0.1, 0.15) is 66.7 Å². The van der Waals surface area contributed by atoms with E-state index in [1.807, 2.05) is 0 Å². The van der Waals surface area contributed by atoms with Crippen LogP contribution in [0.2, 0.25) is 18.1 Å². The lowest BCUT2D eigenvalue weighted by Gasteiger charge is -2.37. The van der Waals surface area contributed by atoms with Crippen LogP contribution in [0.3, 0.4) is 0 Å². The van der Waals surface area contributed by atoms with Gasteiger partial charge in [0.25, 0.3) is 0 Å². The predicted octanol–water partition coefficient (Wildman–Crippen LogP) is 4.95. The number of Topliss-reactive ketones (excluding diaryl/α,β-unsaturated/α-hetero) is 1. The molecule has 0 aromatic carbocycles. The predicted molar refractivity (Wildman–Crippen MR) is 94.7 cm³/mol. The zero-order valence-electron chi connectivity index (χ0n) is 15.7. The first-order valence-corrected chi connectivity index (χ1v) is 11.7. The monoisotopic (exact) mass is 328 g/mol. The Bertz CT molecular complexity index is 360. The molecule has 1 fully saturated rings. The highest BCUT2D eigenvalue weighted by atomic mass is 28.4. The van der Waals surface area contributed by atoms with Crippen molar-refractivity contribution in [3.8, 4) is 0 Å². The van der Waals surface area contributed by atoms with E-state index in [4.69, 9.17) is 9.16 Å². The van der Waals surface area contributed by atoms with Crippen molar-refractivity contribution in [3.05, 3.63) is 0 Å². The third-order valence-electron chi connectivity index (χ3n) is 5.15. The van der Waals surface area contributed by atoms with Gasteiger partial charge in [0.05, 0.1) is 12.2 Å². The number of ether oxygens (including phenoxy) is 1. The highest BCUT2D eigenvalue weighted by Crippen LogP contribution is 2.37. The summed E-state index contributed by atoms with van der Waals surface area (Å²) in [6.07, 6.45) is 5.40. The average Bonchev–Trinajstić information content (AvgIpc) is 2.34. The average molecular weight is 329 g/mol. The van der Waals surface area contributed by atoms with Crippen molar-refractivity contribution >= 4 is 14.1 Å². The van der Waals surface area contributed by atoms with Crippen LogP contribution in [0.4, 0.5) is 0 Å². The van der Waals surface area contributed by atoms with Crippen LogP contribution in [0, 0.1) is 5.92 Å². The summed E-state index contributed by atoms with van der Waals surface area (Å²) in [5.74, 6) is 0.746. The molecule has 0 bridgehead atoms. The van der Waals surface area contributed by atoms with Crippen molar-refractivity contribution in [1.82, 2.24) is 0 Å². The second-order valence-electron chi connectivity index (χ2n) is 8.63. The minimum Gasteiger partial charge on any atom is -0.417 e. The molecule has 1 saturated heterocycles. The smallest absolute Gasteiger partial charge is 0.191 e. The van der Waals surface area contributed by atoms with Crippen LogP contribution in [0.25, 0.3) is 0 Å². The third-order valence-corrected chi connectivity index (χ3v) is 9.65. The molecule has 0 unspecified atom stereocenters. The van der Waals surface area contributed by atoms with Crippen LogP contribution in [-0.4, -0.2) is 32.9 Å². The summed E-state index contributed by atoms with van der Waals surface area (Å²) in [4.78, 5) is 11.3. The van der Waals surface area contributed by atoms with Crippen LogP contribution in [-0.2, 0) is 14.0 Å². The van der Waals surface area contributed by atoms with Gasteiger partial charge >= 0.3 is 0 Å². The second-order valence-corrected chi connectivity index (χ2v) is 13.4. The van der Waals surface area contributed by atoms with E-state index in [1.54, 1.807) is 6.92 Å². The molecule has 0 amide bonds. The maximum absolute atomic E-state index is 11.3. The highest BCUT2D eigenvalue weighted by molar-refractivity contribution is 6.74. The van der Waals surface area contributed by atoms with Gasteiger partial charge in [-0.15, -0.1) is 0 Å². The van der Waals surface area contributed by atoms with Crippen LogP contribution >= 0.6 is 0 Å². The van der Waals surface area contributed by atoms with Crippen molar-refractivity contribution in [2.45, 2.75) is 97.1 Å². The molecule has 4 heteroatoms. The van der Waals surface area contributed by atoms with E-state index in [-0.39, 0.29) is 16.9 Å². The van der Waals surface area contributed by atoms with Gasteiger partial charge in [-0.3, -0.25) is 4.79 Å². The molecule has 1 aliphatic heterocycles. The molecule has 0 aromatic heterocycles. The Labute approximate surface area is 138 Å². The molecule has 0 N–H and O–H groups in total. The largest absolute Gasteiger partial charge is 0.417 e. The minimum absolute atomic E-state index is 0.143. The molecule has 1 aliphatic rings. The lowest BCUT2D eigenvalue weighted by atomic mass is 9.95. The van der Waals surface area contributed by atoms with Crippen LogP contribution < -0.4 is 0 Å². The van der Waals surface area contributed by atoms with Crippen LogP contribution in [0.15, 0.2) is 0 Å². The van der Waals surface area contributed by atoms with Crippen molar-refractivity contribution in [3.63, 3.8) is 0 Å². The fraction of sp³-hybridized carbons (Fsp3) is 0.944. The fourth-order valence-electron chi connectivity index (χ4n) is 2.71. The Hall–Kier alpha value is -0.193. The Balaban J connectivity index is 2.38. The molecule has 0 radical (unpaired) electrons. The van der Waals surface area contributed by atoms with E-state index in [9.17, 15) is 4.79 Å². The first-order valence-electron chi connectivity index (χ1n) is 8.80. The normalized spacial score (nSPS) is 25.0. The van der Waals surface area contributed by atoms with Gasteiger partial charge in [-0.2, -0.15) is 0 Å². The number of hydrogen-bond acceptors (Lipinski definition) is 3. The summed E-state index contributed by atoms with van der Waals surface area (Å²) in [7, 11) is -1.65. The topological polar surface area (TPSA) is 35.5 Å². The van der Waals surface area contributed by atoms with Gasteiger partial charge in [0, 0.05) is 13.0 Å². The van der Waals surface area contributed by atoms with Gasteiger partial charge in [-0.05, 0) is 56.7 Å². The number of carbonyl (C=O) groups is 1. The maximum Gasteiger partial charge on any atom is 0.191 e. The summed E-state index contributed by atoms with van der Waals surface area (Å²) in [6.45, 7) is 16.2. The van der Waals surface area contributed by atoms with Crippen molar-refractivity contribution in [2.24, 2.45) is 5.92 Å². The van der Waals surface area contributed by atoms with E-state index in [0.29, 0.717) is 18.4 Å². The van der Waals surface area contributed by atoms with E-state index < -0.39 is 8.32 Å². The van der Waals surface area contributed by atoms with Gasteiger partial charge in [0.1, 0.15) is 5.78 Å². The molecule has 0 saturated carbocycles. The Kier molecular flexibility index (Phi) is 7.28. The molecule has 130 valence electrons. The minimum atomic E-state index is -1.65. The molecular weight excluding hydrogens is 292 g/mol. The molecular formula is C18H36O3Si. The molecule has 0 spiro atoms. The van der Waals surface area contributed by atoms with E-state index in [1.165, 1.54) is 6.42 Å². The summed E-state index contributed by atoms with van der Waals surface area (Å²) in [6, 6.07) is 0. The van der Waals surface area contributed by atoms with Gasteiger partial charge in [-0.1, -0.05) is 27.7 Å². The van der Waals surface area contributed by atoms with Gasteiger partial charge in [-0.25, -0.2) is 0 Å². The Morgan fingerprint density at radius 3 is 2.41 bits per heavy atom. The van der Waals surface area contributed by atoms with E-state index >= 15 is 0 Å². The maximum atomic E-state index is 11.3. The molecule has 0 aliphatic carbocycles. The Morgan fingerprint density at radius 2 is 1.86 bits per heavy atom. The van der Waals surface area contributed by atoms with Gasteiger partial charge in [0.15, 0.2) is 8.32 Å². The standard InChI is InChI=1S/C18H36O3Si/c1-14(13-20-22(6,7)18(3,4)5)11-16-9-8-10-17(21-16)12-15(2)19/h14,16-17H,8-13H2,1-7H3/t14-,16-,17+/m1/s1. The molecule has 1 heterocycles. The van der Waals surface area contributed by atoms with E-state index in [2.05, 4.69) is 40.8 Å². The van der Waals surface area contributed by atoms with Crippen molar-refractivity contribution < 1.29 is 14.0 Å². The SMILES string of the molecule is CC(=O)C[C@@H]1CCC[C@H](C[C@@H](C)CO[Si](C)(C)C(C)(C)C)O1. The van der Waals surface area contributed by atoms with Crippen molar-refractivity contribution in [1.29, 1.82) is 0 Å². The summed E-state index contributed by atoms with van der Waals surface area (Å²) >= 11 is 0. The van der Waals surface area contributed by atoms with Gasteiger partial charge < -0.3 is 9.16 Å². The summed E-state index contributed by atoms with van der Waals surface area (Å²) in [5, 5.41) is 0.265. The number of hydrogen-bond donors (Lipinski definition) is 0. The summed E-state index contributed by atoms with van der Waals surface area (Å²) < 4.78 is 12.4. The lowest BCUT2D eigenvalue weighted by Crippen LogP contribution is -2.42. The first-order chi connectivity index (χ1) is 10.0. The van der Waals surface area contributed by atoms with E-state index in [0.717, 1.165) is 25.9 Å². The van der Waals surface area contributed by atoms with Gasteiger partial charge in [0.2, 0.25) is 0 Å². The number of ketones is 1. The quantitative estimate of drug-likeness (QED) is 0.620. The molecule has 3 atom stereocenters. The summed E-state index contributed by atoms with van der Waals surface area (Å²) in [5.41, 5.74) is 0. The number of rotatable bonds is 7. The number of carbonyl (C=O) groups excluding carboxylic acids is 1. The second kappa shape index (κ2) is 8.07. The zero-order valence-corrected chi connectivity index (χ0v) is 16.7. The van der Waals surface area contributed by atoms with Crippen LogP contribution in [0.5, 0.6) is 0 Å².